The zero-order valence-corrected chi connectivity index (χ0v) is 12.9. The fourth-order valence-corrected chi connectivity index (χ4v) is 3.04. The van der Waals surface area contributed by atoms with Crippen molar-refractivity contribution in [2.75, 3.05) is 6.61 Å². The molecular formula is C15H22N2O5. The number of ether oxygens (including phenoxy) is 2. The number of aromatic nitrogens is 2. The topological polar surface area (TPSA) is 93.5 Å². The summed E-state index contributed by atoms with van der Waals surface area (Å²) in [5.41, 5.74) is -0.899. The average molecular weight is 310 g/mol. The fourth-order valence-electron chi connectivity index (χ4n) is 3.04. The van der Waals surface area contributed by atoms with Gasteiger partial charge in [-0.3, -0.25) is 14.3 Å². The predicted molar refractivity (Wildman–Crippen MR) is 78.8 cm³/mol. The number of hydrogen-bond acceptors (Lipinski definition) is 5. The molecule has 2 N–H and O–H groups in total. The zero-order valence-electron chi connectivity index (χ0n) is 12.9. The summed E-state index contributed by atoms with van der Waals surface area (Å²) in [6.07, 6.45) is 2.74. The van der Waals surface area contributed by atoms with Gasteiger partial charge in [0.1, 0.15) is 12.3 Å². The minimum Gasteiger partial charge on any atom is -0.390 e. The molecule has 3 unspecified atom stereocenters. The minimum atomic E-state index is -0.677. The van der Waals surface area contributed by atoms with Crippen molar-refractivity contribution in [3.63, 3.8) is 0 Å². The summed E-state index contributed by atoms with van der Waals surface area (Å²) < 4.78 is 13.1. The lowest BCUT2D eigenvalue weighted by Gasteiger charge is -2.25. The van der Waals surface area contributed by atoms with Gasteiger partial charge < -0.3 is 14.6 Å². The predicted octanol–water partition coefficient (Wildman–Crippen LogP) is 0.453. The molecule has 0 aromatic carbocycles. The monoisotopic (exact) mass is 310 g/mol. The second-order valence-electron chi connectivity index (χ2n) is 6.21. The largest absolute Gasteiger partial charge is 0.390 e. The number of nitrogens with zero attached hydrogens (tertiary/aromatic N) is 1. The highest BCUT2D eigenvalue weighted by atomic mass is 16.6. The van der Waals surface area contributed by atoms with Gasteiger partial charge in [-0.2, -0.15) is 0 Å². The number of aliphatic hydroxyl groups is 1. The van der Waals surface area contributed by atoms with Crippen molar-refractivity contribution in [3.8, 4) is 0 Å². The maximum Gasteiger partial charge on any atom is 0.330 e. The van der Waals surface area contributed by atoms with Crippen LogP contribution in [0.1, 0.15) is 44.4 Å². The van der Waals surface area contributed by atoms with E-state index in [-0.39, 0.29) is 0 Å². The van der Waals surface area contributed by atoms with Gasteiger partial charge in [0.25, 0.3) is 5.56 Å². The lowest BCUT2D eigenvalue weighted by molar-refractivity contribution is -0.122. The third-order valence-electron chi connectivity index (χ3n) is 4.41. The Morgan fingerprint density at radius 2 is 2.23 bits per heavy atom. The quantitative estimate of drug-likeness (QED) is 0.824. The van der Waals surface area contributed by atoms with Crippen LogP contribution in [0.3, 0.4) is 0 Å². The third-order valence-corrected chi connectivity index (χ3v) is 4.41. The highest BCUT2D eigenvalue weighted by molar-refractivity contribution is 5.08. The molecule has 2 aliphatic rings. The van der Waals surface area contributed by atoms with Crippen molar-refractivity contribution in [1.29, 1.82) is 0 Å². The Labute approximate surface area is 127 Å². The molecule has 0 spiro atoms. The van der Waals surface area contributed by atoms with E-state index < -0.39 is 35.3 Å². The molecular weight excluding hydrogens is 288 g/mol. The van der Waals surface area contributed by atoms with Crippen molar-refractivity contribution in [2.24, 2.45) is 0 Å². The van der Waals surface area contributed by atoms with E-state index in [0.717, 1.165) is 19.3 Å². The van der Waals surface area contributed by atoms with Gasteiger partial charge in [0.15, 0.2) is 0 Å². The molecule has 0 amide bonds. The normalized spacial score (nSPS) is 29.7. The molecule has 1 aliphatic carbocycles. The summed E-state index contributed by atoms with van der Waals surface area (Å²) in [6, 6.07) is 0. The lowest BCUT2D eigenvalue weighted by Crippen LogP contribution is -2.39. The Balaban J connectivity index is 1.81. The van der Waals surface area contributed by atoms with Gasteiger partial charge in [-0.05, 0) is 26.2 Å². The van der Waals surface area contributed by atoms with Crippen LogP contribution >= 0.6 is 0 Å². The zero-order chi connectivity index (χ0) is 15.9. The van der Waals surface area contributed by atoms with E-state index in [9.17, 15) is 14.7 Å². The summed E-state index contributed by atoms with van der Waals surface area (Å²) in [4.78, 5) is 25.6. The molecule has 1 saturated heterocycles. The van der Waals surface area contributed by atoms with E-state index in [4.69, 9.17) is 9.47 Å². The van der Waals surface area contributed by atoms with Crippen LogP contribution in [-0.4, -0.2) is 39.1 Å². The van der Waals surface area contributed by atoms with Gasteiger partial charge >= 0.3 is 5.69 Å². The highest BCUT2D eigenvalue weighted by Crippen LogP contribution is 2.49. The number of rotatable bonds is 5. The van der Waals surface area contributed by atoms with Crippen molar-refractivity contribution in [1.82, 2.24) is 9.55 Å². The van der Waals surface area contributed by atoms with Crippen LogP contribution in [-0.2, 0) is 9.47 Å². The molecule has 3 rings (SSSR count). The SMILES string of the molecule is CCCOC1(C2OC(n3cc(C)c(=O)[nH]c3=O)CC2O)CC1. The van der Waals surface area contributed by atoms with E-state index in [1.807, 2.05) is 6.92 Å². The first-order chi connectivity index (χ1) is 10.5. The molecule has 0 radical (unpaired) electrons. The van der Waals surface area contributed by atoms with E-state index in [2.05, 4.69) is 4.98 Å². The van der Waals surface area contributed by atoms with Crippen LogP contribution < -0.4 is 11.2 Å². The minimum absolute atomic E-state index is 0.313. The Hall–Kier alpha value is -1.44. The van der Waals surface area contributed by atoms with Crippen molar-refractivity contribution in [2.45, 2.75) is 63.6 Å². The number of hydrogen-bond donors (Lipinski definition) is 2. The van der Waals surface area contributed by atoms with Crippen LogP contribution in [0.5, 0.6) is 0 Å². The molecule has 0 bridgehead atoms. The van der Waals surface area contributed by atoms with Gasteiger partial charge in [0.05, 0.1) is 11.7 Å². The van der Waals surface area contributed by atoms with E-state index >= 15 is 0 Å². The number of aliphatic hydroxyl groups excluding tert-OH is 1. The van der Waals surface area contributed by atoms with Gasteiger partial charge in [0, 0.05) is 24.8 Å². The Kier molecular flexibility index (Phi) is 3.96. The smallest absolute Gasteiger partial charge is 0.330 e. The summed E-state index contributed by atoms with van der Waals surface area (Å²) in [6.45, 7) is 4.30. The van der Waals surface area contributed by atoms with Crippen LogP contribution in [0.4, 0.5) is 0 Å². The molecule has 7 heteroatoms. The molecule has 1 aromatic heterocycles. The van der Waals surface area contributed by atoms with Crippen molar-refractivity contribution >= 4 is 0 Å². The standard InChI is InChI=1S/C15H22N2O5/c1-3-6-21-15(4-5-15)12-10(18)7-11(22-12)17-8-9(2)13(19)16-14(17)20/h8,10-12,18H,3-7H2,1-2H3,(H,16,19,20). The van der Waals surface area contributed by atoms with Gasteiger partial charge in [-0.15, -0.1) is 0 Å². The van der Waals surface area contributed by atoms with Crippen LogP contribution in [0.15, 0.2) is 15.8 Å². The van der Waals surface area contributed by atoms with Crippen LogP contribution in [0.25, 0.3) is 0 Å². The van der Waals surface area contributed by atoms with Crippen molar-refractivity contribution < 1.29 is 14.6 Å². The molecule has 1 saturated carbocycles. The van der Waals surface area contributed by atoms with E-state index in [1.54, 1.807) is 6.92 Å². The molecule has 3 atom stereocenters. The molecule has 1 aliphatic heterocycles. The molecule has 7 nitrogen and oxygen atoms in total. The van der Waals surface area contributed by atoms with E-state index in [0.29, 0.717) is 18.6 Å². The Morgan fingerprint density at radius 1 is 1.50 bits per heavy atom. The summed E-state index contributed by atoms with van der Waals surface area (Å²) in [5.74, 6) is 0. The number of aryl methyl sites for hydroxylation is 1. The first-order valence-electron chi connectivity index (χ1n) is 7.76. The maximum atomic E-state index is 11.9. The second kappa shape index (κ2) is 5.64. The highest BCUT2D eigenvalue weighted by Gasteiger charge is 2.57. The third kappa shape index (κ3) is 2.64. The van der Waals surface area contributed by atoms with Crippen molar-refractivity contribution in [3.05, 3.63) is 32.6 Å². The summed E-state index contributed by atoms with van der Waals surface area (Å²) in [7, 11) is 0. The van der Waals surface area contributed by atoms with Gasteiger partial charge in [-0.1, -0.05) is 6.92 Å². The van der Waals surface area contributed by atoms with E-state index in [1.165, 1.54) is 10.8 Å². The average Bonchev–Trinajstić information content (AvgIpc) is 3.16. The number of H-pyrrole nitrogens is 1. The molecule has 1 aromatic rings. The fraction of sp³-hybridized carbons (Fsp3) is 0.733. The summed E-state index contributed by atoms with van der Waals surface area (Å²) in [5, 5.41) is 10.3. The van der Waals surface area contributed by atoms with Crippen LogP contribution in [0.2, 0.25) is 0 Å². The molecule has 2 fully saturated rings. The first kappa shape index (κ1) is 15.5. The molecule has 122 valence electrons. The molecule has 22 heavy (non-hydrogen) atoms. The number of nitrogens with one attached hydrogen (secondary N) is 1. The summed E-state index contributed by atoms with van der Waals surface area (Å²) >= 11 is 0. The first-order valence-corrected chi connectivity index (χ1v) is 7.76. The number of aromatic amines is 1. The second-order valence-corrected chi connectivity index (χ2v) is 6.21. The van der Waals surface area contributed by atoms with Gasteiger partial charge in [0.2, 0.25) is 0 Å². The maximum absolute atomic E-state index is 11.9. The van der Waals surface area contributed by atoms with Gasteiger partial charge in [-0.25, -0.2) is 4.79 Å². The lowest BCUT2D eigenvalue weighted by atomic mass is 10.1. The van der Waals surface area contributed by atoms with Crippen LogP contribution in [0, 0.1) is 6.92 Å². The Bertz CT molecular complexity index is 661. The Morgan fingerprint density at radius 3 is 2.86 bits per heavy atom. The molecule has 2 heterocycles.